The first-order chi connectivity index (χ1) is 13.7. The summed E-state index contributed by atoms with van der Waals surface area (Å²) in [6, 6.07) is 8.16. The molecular weight excluding hydrogens is 348 g/mol. The van der Waals surface area contributed by atoms with Gasteiger partial charge in [-0.15, -0.1) is 0 Å². The van der Waals surface area contributed by atoms with Crippen molar-refractivity contribution in [3.63, 3.8) is 0 Å². The van der Waals surface area contributed by atoms with E-state index in [1.807, 2.05) is 18.2 Å². The van der Waals surface area contributed by atoms with Crippen molar-refractivity contribution in [2.45, 2.75) is 96.8 Å². The third-order valence-electron chi connectivity index (χ3n) is 5.30. The number of para-hydroxylation sites is 2. The molecule has 0 atom stereocenters. The van der Waals surface area contributed by atoms with E-state index in [0.29, 0.717) is 6.42 Å². The maximum Gasteiger partial charge on any atom is 0.303 e. The molecule has 1 aromatic carbocycles. The zero-order chi connectivity index (χ0) is 20.0. The maximum atomic E-state index is 10.6. The predicted octanol–water partition coefficient (Wildman–Crippen LogP) is 6.50. The van der Waals surface area contributed by atoms with Crippen LogP contribution in [0.2, 0.25) is 0 Å². The van der Waals surface area contributed by atoms with Gasteiger partial charge in [0.15, 0.2) is 0 Å². The number of aryl methyl sites for hydroxylation is 2. The number of nitrogens with zero attached hydrogens (tertiary/aromatic N) is 2. The SMILES string of the molecule is CCCCCCCCc1nc2ccccc2nc1CCCCCCCC(=O)O. The lowest BCUT2D eigenvalue weighted by molar-refractivity contribution is -0.137. The molecule has 0 radical (unpaired) electrons. The van der Waals surface area contributed by atoms with Crippen LogP contribution in [0.15, 0.2) is 24.3 Å². The van der Waals surface area contributed by atoms with Gasteiger partial charge in [0.1, 0.15) is 0 Å². The number of benzene rings is 1. The maximum absolute atomic E-state index is 10.6. The van der Waals surface area contributed by atoms with Gasteiger partial charge < -0.3 is 5.11 Å². The number of fused-ring (bicyclic) bond motifs is 1. The predicted molar refractivity (Wildman–Crippen MR) is 116 cm³/mol. The van der Waals surface area contributed by atoms with Crippen LogP contribution in [0.3, 0.4) is 0 Å². The molecule has 0 bridgehead atoms. The summed E-state index contributed by atoms with van der Waals surface area (Å²) in [5, 5.41) is 8.70. The second-order valence-electron chi connectivity index (χ2n) is 7.78. The van der Waals surface area contributed by atoms with Gasteiger partial charge in [-0.2, -0.15) is 0 Å². The average molecular weight is 385 g/mol. The Bertz CT molecular complexity index is 715. The van der Waals surface area contributed by atoms with Crippen LogP contribution in [-0.4, -0.2) is 21.0 Å². The lowest BCUT2D eigenvalue weighted by Crippen LogP contribution is -2.03. The fourth-order valence-corrected chi connectivity index (χ4v) is 3.65. The fraction of sp³-hybridized carbons (Fsp3) is 0.625. The molecular formula is C24H36N2O2. The Kier molecular flexibility index (Phi) is 10.6. The van der Waals surface area contributed by atoms with Gasteiger partial charge in [0.25, 0.3) is 0 Å². The number of carboxylic acids is 1. The lowest BCUT2D eigenvalue weighted by atomic mass is 10.0. The van der Waals surface area contributed by atoms with Crippen LogP contribution in [0.5, 0.6) is 0 Å². The molecule has 0 aliphatic carbocycles. The molecule has 0 saturated heterocycles. The second-order valence-corrected chi connectivity index (χ2v) is 7.78. The molecule has 1 N–H and O–H groups in total. The van der Waals surface area contributed by atoms with Gasteiger partial charge in [0, 0.05) is 6.42 Å². The van der Waals surface area contributed by atoms with Crippen LogP contribution >= 0.6 is 0 Å². The Hall–Kier alpha value is -1.97. The number of carboxylic acid groups (broad SMARTS) is 1. The normalized spacial score (nSPS) is 11.2. The Balaban J connectivity index is 1.85. The summed E-state index contributed by atoms with van der Waals surface area (Å²) >= 11 is 0. The third kappa shape index (κ3) is 8.37. The highest BCUT2D eigenvalue weighted by molar-refractivity contribution is 5.74. The summed E-state index contributed by atoms with van der Waals surface area (Å²) in [6.07, 6.45) is 15.2. The molecule has 154 valence electrons. The average Bonchev–Trinajstić information content (AvgIpc) is 2.69. The van der Waals surface area contributed by atoms with E-state index in [2.05, 4.69) is 13.0 Å². The van der Waals surface area contributed by atoms with Crippen molar-refractivity contribution in [3.8, 4) is 0 Å². The second kappa shape index (κ2) is 13.2. The molecule has 1 aromatic heterocycles. The number of unbranched alkanes of at least 4 members (excludes halogenated alkanes) is 9. The van der Waals surface area contributed by atoms with Crippen molar-refractivity contribution in [2.75, 3.05) is 0 Å². The Labute approximate surface area is 169 Å². The highest BCUT2D eigenvalue weighted by atomic mass is 16.4. The molecule has 0 unspecified atom stereocenters. The van der Waals surface area contributed by atoms with Crippen molar-refractivity contribution >= 4 is 17.0 Å². The van der Waals surface area contributed by atoms with E-state index >= 15 is 0 Å². The zero-order valence-electron chi connectivity index (χ0n) is 17.5. The Morgan fingerprint density at radius 1 is 0.750 bits per heavy atom. The molecule has 2 aromatic rings. The molecule has 4 nitrogen and oxygen atoms in total. The molecule has 0 fully saturated rings. The van der Waals surface area contributed by atoms with Crippen LogP contribution < -0.4 is 0 Å². The van der Waals surface area contributed by atoms with Crippen LogP contribution in [-0.2, 0) is 17.6 Å². The smallest absolute Gasteiger partial charge is 0.303 e. The number of hydrogen-bond donors (Lipinski definition) is 1. The van der Waals surface area contributed by atoms with Gasteiger partial charge in [0.05, 0.1) is 22.4 Å². The summed E-state index contributed by atoms with van der Waals surface area (Å²) in [5.74, 6) is -0.689. The van der Waals surface area contributed by atoms with E-state index in [4.69, 9.17) is 15.1 Å². The van der Waals surface area contributed by atoms with Crippen molar-refractivity contribution in [1.29, 1.82) is 0 Å². The lowest BCUT2D eigenvalue weighted by Gasteiger charge is -2.10. The molecule has 28 heavy (non-hydrogen) atoms. The molecule has 1 heterocycles. The van der Waals surface area contributed by atoms with Crippen molar-refractivity contribution in [2.24, 2.45) is 0 Å². The number of carbonyl (C=O) groups is 1. The third-order valence-corrected chi connectivity index (χ3v) is 5.30. The van der Waals surface area contributed by atoms with Crippen molar-refractivity contribution in [1.82, 2.24) is 9.97 Å². The van der Waals surface area contributed by atoms with E-state index in [1.165, 1.54) is 44.2 Å². The van der Waals surface area contributed by atoms with Gasteiger partial charge in [-0.3, -0.25) is 4.79 Å². The van der Waals surface area contributed by atoms with E-state index in [1.54, 1.807) is 0 Å². The van der Waals surface area contributed by atoms with Crippen molar-refractivity contribution < 1.29 is 9.90 Å². The number of hydrogen-bond acceptors (Lipinski definition) is 3. The van der Waals surface area contributed by atoms with Crippen molar-refractivity contribution in [3.05, 3.63) is 35.7 Å². The minimum atomic E-state index is -0.689. The zero-order valence-corrected chi connectivity index (χ0v) is 17.5. The highest BCUT2D eigenvalue weighted by Gasteiger charge is 2.09. The minimum Gasteiger partial charge on any atom is -0.481 e. The summed E-state index contributed by atoms with van der Waals surface area (Å²) in [5.41, 5.74) is 4.34. The van der Waals surface area contributed by atoms with E-state index in [9.17, 15) is 4.79 Å². The van der Waals surface area contributed by atoms with E-state index < -0.39 is 5.97 Å². The minimum absolute atomic E-state index is 0.290. The first kappa shape index (κ1) is 22.3. The van der Waals surface area contributed by atoms with Gasteiger partial charge in [0.2, 0.25) is 0 Å². The standard InChI is InChI=1S/C24H36N2O2/c1-2-3-4-5-7-10-15-20-21(16-11-8-6-9-12-19-24(27)28)26-23-18-14-13-17-22(23)25-20/h13-14,17-18H,2-12,15-16,19H2,1H3,(H,27,28). The Morgan fingerprint density at radius 3 is 1.71 bits per heavy atom. The van der Waals surface area contributed by atoms with E-state index in [0.717, 1.165) is 61.7 Å². The van der Waals surface area contributed by atoms with Gasteiger partial charge >= 0.3 is 5.97 Å². The monoisotopic (exact) mass is 384 g/mol. The topological polar surface area (TPSA) is 63.1 Å². The van der Waals surface area contributed by atoms with Gasteiger partial charge in [-0.1, -0.05) is 70.4 Å². The highest BCUT2D eigenvalue weighted by Crippen LogP contribution is 2.18. The van der Waals surface area contributed by atoms with Crippen LogP contribution in [0, 0.1) is 0 Å². The Morgan fingerprint density at radius 2 is 1.21 bits per heavy atom. The summed E-state index contributed by atoms with van der Waals surface area (Å²) < 4.78 is 0. The van der Waals surface area contributed by atoms with E-state index in [-0.39, 0.29) is 0 Å². The molecule has 0 spiro atoms. The quantitative estimate of drug-likeness (QED) is 0.356. The molecule has 2 rings (SSSR count). The van der Waals surface area contributed by atoms with Crippen LogP contribution in [0.25, 0.3) is 11.0 Å². The summed E-state index contributed by atoms with van der Waals surface area (Å²) in [4.78, 5) is 20.4. The molecule has 0 amide bonds. The number of rotatable bonds is 15. The number of aromatic nitrogens is 2. The van der Waals surface area contributed by atoms with Gasteiger partial charge in [-0.05, 0) is 44.2 Å². The molecule has 0 aliphatic heterocycles. The molecule has 4 heteroatoms. The van der Waals surface area contributed by atoms with Crippen LogP contribution in [0.4, 0.5) is 0 Å². The first-order valence-corrected chi connectivity index (χ1v) is 11.2. The summed E-state index contributed by atoms with van der Waals surface area (Å²) in [7, 11) is 0. The largest absolute Gasteiger partial charge is 0.481 e. The fourth-order valence-electron chi connectivity index (χ4n) is 3.65. The molecule has 0 saturated carbocycles. The number of aliphatic carboxylic acids is 1. The van der Waals surface area contributed by atoms with Crippen LogP contribution in [0.1, 0.15) is 95.4 Å². The summed E-state index contributed by atoms with van der Waals surface area (Å²) in [6.45, 7) is 2.25. The molecule has 0 aliphatic rings. The first-order valence-electron chi connectivity index (χ1n) is 11.2. The van der Waals surface area contributed by atoms with Gasteiger partial charge in [-0.25, -0.2) is 9.97 Å².